The highest BCUT2D eigenvalue weighted by Gasteiger charge is 2.17. The zero-order valence-corrected chi connectivity index (χ0v) is 13.7. The van der Waals surface area contributed by atoms with Crippen LogP contribution in [0.15, 0.2) is 18.2 Å². The number of hydrogen-bond donors (Lipinski definition) is 3. The summed E-state index contributed by atoms with van der Waals surface area (Å²) in [5.74, 6) is -0.302. The van der Waals surface area contributed by atoms with E-state index in [0.29, 0.717) is 11.4 Å². The smallest absolute Gasteiger partial charge is 0.318 e. The van der Waals surface area contributed by atoms with Gasteiger partial charge in [0.1, 0.15) is 11.8 Å². The quantitative estimate of drug-likeness (QED) is 0.704. The third-order valence-corrected chi connectivity index (χ3v) is 3.00. The van der Waals surface area contributed by atoms with Crippen molar-refractivity contribution in [2.24, 2.45) is 5.73 Å². The molecular formula is C15H22N4O4. The minimum atomic E-state index is -0.916. The van der Waals surface area contributed by atoms with Crippen LogP contribution in [0.5, 0.6) is 5.75 Å². The Labute approximate surface area is 135 Å². The van der Waals surface area contributed by atoms with E-state index in [2.05, 4.69) is 5.32 Å². The van der Waals surface area contributed by atoms with Crippen LogP contribution in [0.1, 0.15) is 12.5 Å². The van der Waals surface area contributed by atoms with Gasteiger partial charge in [-0.25, -0.2) is 4.79 Å². The summed E-state index contributed by atoms with van der Waals surface area (Å²) in [7, 11) is 3.27. The molecule has 0 heterocycles. The van der Waals surface area contributed by atoms with Crippen molar-refractivity contribution in [3.63, 3.8) is 0 Å². The van der Waals surface area contributed by atoms with Gasteiger partial charge in [-0.05, 0) is 31.5 Å². The van der Waals surface area contributed by atoms with Crippen LogP contribution < -0.4 is 21.1 Å². The van der Waals surface area contributed by atoms with Gasteiger partial charge < -0.3 is 20.7 Å². The van der Waals surface area contributed by atoms with Crippen molar-refractivity contribution >= 4 is 23.5 Å². The van der Waals surface area contributed by atoms with Crippen molar-refractivity contribution in [3.8, 4) is 5.75 Å². The highest BCUT2D eigenvalue weighted by atomic mass is 16.5. The first-order chi connectivity index (χ1) is 10.7. The van der Waals surface area contributed by atoms with Crippen molar-refractivity contribution in [2.45, 2.75) is 19.9 Å². The number of carbonyl (C=O) groups excluding carboxylic acids is 3. The molecule has 23 heavy (non-hydrogen) atoms. The van der Waals surface area contributed by atoms with E-state index in [1.54, 1.807) is 33.2 Å². The molecule has 0 bridgehead atoms. The summed E-state index contributed by atoms with van der Waals surface area (Å²) < 4.78 is 5.53. The largest absolute Gasteiger partial charge is 0.482 e. The number of nitrogens with two attached hydrogens (primary N) is 1. The maximum absolute atomic E-state index is 11.7. The second-order valence-corrected chi connectivity index (χ2v) is 5.30. The Morgan fingerprint density at radius 1 is 1.30 bits per heavy atom. The highest BCUT2D eigenvalue weighted by molar-refractivity contribution is 5.97. The molecule has 0 fully saturated rings. The minimum absolute atomic E-state index is 0.118. The average Bonchev–Trinajstić information content (AvgIpc) is 2.45. The van der Waals surface area contributed by atoms with Gasteiger partial charge in [-0.2, -0.15) is 0 Å². The molecule has 0 saturated carbocycles. The van der Waals surface area contributed by atoms with Crippen molar-refractivity contribution in [1.29, 1.82) is 0 Å². The second-order valence-electron chi connectivity index (χ2n) is 5.30. The van der Waals surface area contributed by atoms with Crippen molar-refractivity contribution in [2.75, 3.05) is 26.0 Å². The Morgan fingerprint density at radius 2 is 1.96 bits per heavy atom. The Morgan fingerprint density at radius 3 is 2.52 bits per heavy atom. The van der Waals surface area contributed by atoms with Crippen LogP contribution >= 0.6 is 0 Å². The summed E-state index contributed by atoms with van der Waals surface area (Å²) in [5.41, 5.74) is 6.40. The lowest BCUT2D eigenvalue weighted by Crippen LogP contribution is -2.43. The molecule has 0 aliphatic carbocycles. The molecule has 4 N–H and O–H groups in total. The Balaban J connectivity index is 2.83. The van der Waals surface area contributed by atoms with Crippen LogP contribution in [-0.4, -0.2) is 49.5 Å². The number of nitrogens with zero attached hydrogens (tertiary/aromatic N) is 1. The van der Waals surface area contributed by atoms with Gasteiger partial charge in [0.15, 0.2) is 6.61 Å². The van der Waals surface area contributed by atoms with Crippen LogP contribution in [0.3, 0.4) is 0 Å². The van der Waals surface area contributed by atoms with Gasteiger partial charge >= 0.3 is 6.03 Å². The van der Waals surface area contributed by atoms with Crippen LogP contribution in [0.4, 0.5) is 10.5 Å². The van der Waals surface area contributed by atoms with Crippen LogP contribution in [0.2, 0.25) is 0 Å². The maximum atomic E-state index is 11.7. The molecule has 126 valence electrons. The van der Waals surface area contributed by atoms with Gasteiger partial charge in [-0.3, -0.25) is 14.9 Å². The molecule has 8 heteroatoms. The summed E-state index contributed by atoms with van der Waals surface area (Å²) in [6.45, 7) is 3.34. The number of nitrogens with one attached hydrogen (secondary N) is 2. The standard InChI is InChI=1S/C15H22N4O4/c1-9-5-6-11(17-10(2)14(21)18-15(16)22)12(7-9)23-8-13(20)19(3)4/h5-7,10,17H,8H2,1-4H3,(H3,16,18,21,22)/t10-/m1/s1. The predicted molar refractivity (Wildman–Crippen MR) is 86.2 cm³/mol. The first-order valence-electron chi connectivity index (χ1n) is 7.01. The van der Waals surface area contributed by atoms with Crippen LogP contribution in [0, 0.1) is 6.92 Å². The number of likely N-dealkylation sites (N-methyl/N-ethyl adjacent to an activating group) is 1. The van der Waals surface area contributed by atoms with Gasteiger partial charge in [0.25, 0.3) is 5.91 Å². The van der Waals surface area contributed by atoms with Crippen LogP contribution in [-0.2, 0) is 9.59 Å². The molecule has 0 spiro atoms. The van der Waals surface area contributed by atoms with Gasteiger partial charge in [0.2, 0.25) is 5.91 Å². The molecule has 0 radical (unpaired) electrons. The number of carbonyl (C=O) groups is 3. The number of amides is 4. The van der Waals surface area contributed by atoms with E-state index in [1.807, 2.05) is 18.3 Å². The number of hydrogen-bond acceptors (Lipinski definition) is 5. The number of aryl methyl sites for hydroxylation is 1. The Hall–Kier alpha value is -2.77. The molecule has 1 atom stereocenters. The van der Waals surface area contributed by atoms with E-state index in [4.69, 9.17) is 10.5 Å². The Kier molecular flexibility index (Phi) is 6.37. The molecular weight excluding hydrogens is 300 g/mol. The topological polar surface area (TPSA) is 114 Å². The number of benzene rings is 1. The first-order valence-corrected chi connectivity index (χ1v) is 7.01. The number of primary amides is 1. The minimum Gasteiger partial charge on any atom is -0.482 e. The lowest BCUT2D eigenvalue weighted by Gasteiger charge is -2.18. The van der Waals surface area contributed by atoms with E-state index in [1.165, 1.54) is 4.90 Å². The molecule has 4 amide bonds. The number of rotatable bonds is 6. The molecule has 0 aliphatic heterocycles. The molecule has 8 nitrogen and oxygen atoms in total. The zero-order valence-electron chi connectivity index (χ0n) is 13.7. The fraction of sp³-hybridized carbons (Fsp3) is 0.400. The van der Waals surface area contributed by atoms with E-state index in [0.717, 1.165) is 5.56 Å². The number of imide groups is 1. The summed E-state index contributed by atoms with van der Waals surface area (Å²) in [5, 5.41) is 4.92. The summed E-state index contributed by atoms with van der Waals surface area (Å²) >= 11 is 0. The molecule has 1 rings (SSSR count). The van der Waals surface area contributed by atoms with Crippen molar-refractivity contribution in [1.82, 2.24) is 10.2 Å². The van der Waals surface area contributed by atoms with Gasteiger partial charge in [-0.15, -0.1) is 0 Å². The van der Waals surface area contributed by atoms with E-state index in [9.17, 15) is 14.4 Å². The second kappa shape index (κ2) is 8.02. The summed E-state index contributed by atoms with van der Waals surface area (Å²) in [6, 6.07) is 3.70. The van der Waals surface area contributed by atoms with Gasteiger partial charge in [0.05, 0.1) is 5.69 Å². The lowest BCUT2D eigenvalue weighted by molar-refractivity contribution is -0.130. The molecule has 0 aromatic heterocycles. The van der Waals surface area contributed by atoms with E-state index in [-0.39, 0.29) is 12.5 Å². The fourth-order valence-corrected chi connectivity index (χ4v) is 1.67. The maximum Gasteiger partial charge on any atom is 0.318 e. The molecule has 1 aromatic rings. The zero-order chi connectivity index (χ0) is 17.6. The van der Waals surface area contributed by atoms with Crippen LogP contribution in [0.25, 0.3) is 0 Å². The van der Waals surface area contributed by atoms with E-state index >= 15 is 0 Å². The average molecular weight is 322 g/mol. The SMILES string of the molecule is Cc1ccc(N[C@H](C)C(=O)NC(N)=O)c(OCC(=O)N(C)C)c1. The molecule has 0 aliphatic rings. The van der Waals surface area contributed by atoms with Gasteiger partial charge in [-0.1, -0.05) is 6.07 Å². The summed E-state index contributed by atoms with van der Waals surface area (Å²) in [4.78, 5) is 35.5. The predicted octanol–water partition coefficient (Wildman–Crippen LogP) is 0.457. The van der Waals surface area contributed by atoms with Crippen molar-refractivity contribution in [3.05, 3.63) is 23.8 Å². The molecule has 0 saturated heterocycles. The number of urea groups is 1. The van der Waals surface area contributed by atoms with Gasteiger partial charge in [0, 0.05) is 14.1 Å². The normalized spacial score (nSPS) is 11.3. The summed E-state index contributed by atoms with van der Waals surface area (Å²) in [6.07, 6.45) is 0. The van der Waals surface area contributed by atoms with E-state index < -0.39 is 18.0 Å². The fourth-order valence-electron chi connectivity index (χ4n) is 1.67. The monoisotopic (exact) mass is 322 g/mol. The molecule has 0 unspecified atom stereocenters. The number of ether oxygens (including phenoxy) is 1. The highest BCUT2D eigenvalue weighted by Crippen LogP contribution is 2.26. The first kappa shape index (κ1) is 18.3. The Bertz CT molecular complexity index is 601. The molecule has 1 aromatic carbocycles. The third-order valence-electron chi connectivity index (χ3n) is 3.00. The lowest BCUT2D eigenvalue weighted by atomic mass is 10.2. The number of anilines is 1. The van der Waals surface area contributed by atoms with Crippen molar-refractivity contribution < 1.29 is 19.1 Å². The third kappa shape index (κ3) is 5.85.